The normalized spacial score (nSPS) is 10.2. The summed E-state index contributed by atoms with van der Waals surface area (Å²) in [6.45, 7) is 2.04. The van der Waals surface area contributed by atoms with Crippen LogP contribution >= 0.6 is 11.8 Å². The highest BCUT2D eigenvalue weighted by atomic mass is 32.2. The molecule has 0 atom stereocenters. The van der Waals surface area contributed by atoms with Gasteiger partial charge in [0.15, 0.2) is 5.16 Å². The Hall–Kier alpha value is -1.93. The lowest BCUT2D eigenvalue weighted by molar-refractivity contribution is 0.412. The number of nitriles is 1. The highest BCUT2D eigenvalue weighted by molar-refractivity contribution is 7.99. The molecule has 0 bridgehead atoms. The van der Waals surface area contributed by atoms with Crippen LogP contribution in [0.4, 0.5) is 0 Å². The zero-order chi connectivity index (χ0) is 13.7. The summed E-state index contributed by atoms with van der Waals surface area (Å²) in [7, 11) is 1.66. The lowest BCUT2D eigenvalue weighted by Crippen LogP contribution is -1.99. The summed E-state index contributed by atoms with van der Waals surface area (Å²) >= 11 is 1.57. The van der Waals surface area contributed by atoms with E-state index in [0.29, 0.717) is 6.42 Å². The third kappa shape index (κ3) is 3.09. The molecule has 0 N–H and O–H groups in total. The summed E-state index contributed by atoms with van der Waals surface area (Å²) in [4.78, 5) is 4.33. The largest absolute Gasteiger partial charge is 0.495 e. The number of hydrogen-bond acceptors (Lipinski definition) is 4. The molecule has 0 aliphatic rings. The second kappa shape index (κ2) is 6.30. The van der Waals surface area contributed by atoms with Gasteiger partial charge >= 0.3 is 0 Å². The van der Waals surface area contributed by atoms with Crippen molar-refractivity contribution in [3.63, 3.8) is 0 Å². The summed E-state index contributed by atoms with van der Waals surface area (Å²) < 4.78 is 7.39. The third-order valence-electron chi connectivity index (χ3n) is 2.65. The molecule has 1 aromatic heterocycles. The van der Waals surface area contributed by atoms with Crippen LogP contribution in [0, 0.1) is 18.3 Å². The number of methoxy groups -OCH3 is 1. The first-order chi connectivity index (χ1) is 9.26. The number of thioether (sulfide) groups is 1. The molecule has 2 aromatic rings. The zero-order valence-electron chi connectivity index (χ0n) is 11.0. The monoisotopic (exact) mass is 273 g/mol. The number of ether oxygens (including phenoxy) is 1. The molecular formula is C14H15N3OS. The number of aromatic nitrogens is 2. The number of rotatable bonds is 5. The van der Waals surface area contributed by atoms with Crippen LogP contribution in [-0.4, -0.2) is 22.4 Å². The molecule has 0 amide bonds. The Balaban J connectivity index is 2.34. The van der Waals surface area contributed by atoms with Crippen molar-refractivity contribution < 1.29 is 4.74 Å². The van der Waals surface area contributed by atoms with Crippen LogP contribution in [-0.2, 0) is 0 Å². The lowest BCUT2D eigenvalue weighted by atomic mass is 10.2. The van der Waals surface area contributed by atoms with Gasteiger partial charge < -0.3 is 4.74 Å². The topological polar surface area (TPSA) is 50.8 Å². The Labute approximate surface area is 117 Å². The molecule has 0 saturated heterocycles. The smallest absolute Gasteiger partial charge is 0.172 e. The highest BCUT2D eigenvalue weighted by Crippen LogP contribution is 2.28. The fraction of sp³-hybridized carbons (Fsp3) is 0.286. The average molecular weight is 273 g/mol. The van der Waals surface area contributed by atoms with Crippen LogP contribution < -0.4 is 4.74 Å². The van der Waals surface area contributed by atoms with E-state index in [1.54, 1.807) is 25.1 Å². The number of imidazole rings is 1. The fourth-order valence-electron chi connectivity index (χ4n) is 1.76. The SMILES string of the molecule is COc1ccc(C)cc1-n1ccnc1SCCC#N. The Morgan fingerprint density at radius 1 is 1.47 bits per heavy atom. The van der Waals surface area contributed by atoms with E-state index in [0.717, 1.165) is 27.9 Å². The third-order valence-corrected chi connectivity index (χ3v) is 3.61. The van der Waals surface area contributed by atoms with Gasteiger partial charge in [0.25, 0.3) is 0 Å². The van der Waals surface area contributed by atoms with Gasteiger partial charge in [0.2, 0.25) is 0 Å². The van der Waals surface area contributed by atoms with Gasteiger partial charge in [0, 0.05) is 24.6 Å². The van der Waals surface area contributed by atoms with Crippen LogP contribution in [0.1, 0.15) is 12.0 Å². The second-order valence-corrected chi connectivity index (χ2v) is 5.07. The van der Waals surface area contributed by atoms with E-state index < -0.39 is 0 Å². The minimum atomic E-state index is 0.516. The van der Waals surface area contributed by atoms with Crippen molar-refractivity contribution in [3.05, 3.63) is 36.2 Å². The number of benzene rings is 1. The second-order valence-electron chi connectivity index (χ2n) is 4.01. The Kier molecular flexibility index (Phi) is 4.48. The van der Waals surface area contributed by atoms with Gasteiger partial charge in [-0.3, -0.25) is 4.57 Å². The van der Waals surface area contributed by atoms with Crippen LogP contribution in [0.15, 0.2) is 35.7 Å². The van der Waals surface area contributed by atoms with Crippen LogP contribution in [0.2, 0.25) is 0 Å². The molecule has 5 heteroatoms. The summed E-state index contributed by atoms with van der Waals surface area (Å²) in [6, 6.07) is 8.17. The molecule has 0 aliphatic carbocycles. The van der Waals surface area contributed by atoms with Gasteiger partial charge in [0.1, 0.15) is 5.75 Å². The number of nitrogens with zero attached hydrogens (tertiary/aromatic N) is 3. The molecule has 0 unspecified atom stereocenters. The molecule has 2 rings (SSSR count). The Morgan fingerprint density at radius 2 is 2.32 bits per heavy atom. The van der Waals surface area contributed by atoms with E-state index in [1.165, 1.54) is 0 Å². The molecule has 0 spiro atoms. The summed E-state index contributed by atoms with van der Waals surface area (Å²) in [5.74, 6) is 1.55. The van der Waals surface area contributed by atoms with Gasteiger partial charge in [-0.2, -0.15) is 5.26 Å². The van der Waals surface area contributed by atoms with Gasteiger partial charge in [-0.05, 0) is 24.6 Å². The standard InChI is InChI=1S/C14H15N3OS/c1-11-4-5-13(18-2)12(10-11)17-8-7-16-14(17)19-9-3-6-15/h4-5,7-8,10H,3,9H2,1-2H3. The van der Waals surface area contributed by atoms with Crippen molar-refractivity contribution >= 4 is 11.8 Å². The summed E-state index contributed by atoms with van der Waals surface area (Å²) in [5, 5.41) is 9.46. The molecule has 19 heavy (non-hydrogen) atoms. The quantitative estimate of drug-likeness (QED) is 0.620. The molecule has 0 radical (unpaired) electrons. The Bertz CT molecular complexity index is 601. The molecular weight excluding hydrogens is 258 g/mol. The first-order valence-corrected chi connectivity index (χ1v) is 6.93. The predicted octanol–water partition coefficient (Wildman–Crippen LogP) is 3.20. The van der Waals surface area contributed by atoms with Crippen molar-refractivity contribution in [1.82, 2.24) is 9.55 Å². The molecule has 1 heterocycles. The number of hydrogen-bond donors (Lipinski definition) is 0. The van der Waals surface area contributed by atoms with Gasteiger partial charge in [-0.15, -0.1) is 0 Å². The maximum Gasteiger partial charge on any atom is 0.172 e. The number of aryl methyl sites for hydroxylation is 1. The van der Waals surface area contributed by atoms with E-state index in [4.69, 9.17) is 10.00 Å². The first-order valence-electron chi connectivity index (χ1n) is 5.94. The summed E-state index contributed by atoms with van der Waals surface area (Å²) in [5.41, 5.74) is 2.14. The van der Waals surface area contributed by atoms with E-state index in [9.17, 15) is 0 Å². The first kappa shape index (κ1) is 13.5. The van der Waals surface area contributed by atoms with Crippen LogP contribution in [0.5, 0.6) is 5.75 Å². The molecule has 98 valence electrons. The minimum absolute atomic E-state index is 0.516. The maximum atomic E-state index is 8.59. The molecule has 4 nitrogen and oxygen atoms in total. The summed E-state index contributed by atoms with van der Waals surface area (Å²) in [6.07, 6.45) is 4.19. The predicted molar refractivity (Wildman–Crippen MR) is 75.8 cm³/mol. The average Bonchev–Trinajstić information content (AvgIpc) is 2.87. The van der Waals surface area contributed by atoms with Crippen molar-refractivity contribution in [2.45, 2.75) is 18.5 Å². The molecule has 0 saturated carbocycles. The minimum Gasteiger partial charge on any atom is -0.495 e. The van der Waals surface area contributed by atoms with E-state index in [2.05, 4.69) is 17.1 Å². The van der Waals surface area contributed by atoms with Crippen molar-refractivity contribution in [2.24, 2.45) is 0 Å². The molecule has 0 aliphatic heterocycles. The van der Waals surface area contributed by atoms with E-state index >= 15 is 0 Å². The lowest BCUT2D eigenvalue weighted by Gasteiger charge is -2.12. The van der Waals surface area contributed by atoms with Crippen molar-refractivity contribution in [3.8, 4) is 17.5 Å². The van der Waals surface area contributed by atoms with E-state index in [-0.39, 0.29) is 0 Å². The van der Waals surface area contributed by atoms with Gasteiger partial charge in [0.05, 0.1) is 18.9 Å². The van der Waals surface area contributed by atoms with Crippen LogP contribution in [0.3, 0.4) is 0 Å². The molecule has 0 fully saturated rings. The Morgan fingerprint density at radius 3 is 3.05 bits per heavy atom. The van der Waals surface area contributed by atoms with Crippen LogP contribution in [0.25, 0.3) is 5.69 Å². The molecule has 1 aromatic carbocycles. The fourth-order valence-corrected chi connectivity index (χ4v) is 2.57. The highest BCUT2D eigenvalue weighted by Gasteiger charge is 2.10. The van der Waals surface area contributed by atoms with Gasteiger partial charge in [-0.25, -0.2) is 4.98 Å². The van der Waals surface area contributed by atoms with Crippen molar-refractivity contribution in [1.29, 1.82) is 5.26 Å². The van der Waals surface area contributed by atoms with Gasteiger partial charge in [-0.1, -0.05) is 17.8 Å². The zero-order valence-corrected chi connectivity index (χ0v) is 11.8. The van der Waals surface area contributed by atoms with Crippen molar-refractivity contribution in [2.75, 3.05) is 12.9 Å². The van der Waals surface area contributed by atoms with E-state index in [1.807, 2.05) is 29.8 Å². The maximum absolute atomic E-state index is 8.59.